The van der Waals surface area contributed by atoms with Crippen molar-refractivity contribution in [2.75, 3.05) is 0 Å². The van der Waals surface area contributed by atoms with Crippen molar-refractivity contribution in [1.29, 1.82) is 5.41 Å². The van der Waals surface area contributed by atoms with Crippen LogP contribution in [-0.2, 0) is 9.47 Å². The van der Waals surface area contributed by atoms with Crippen molar-refractivity contribution in [2.45, 2.75) is 80.9 Å². The lowest BCUT2D eigenvalue weighted by atomic mass is 9.78. The Hall–Kier alpha value is -0.890. The SMILES string of the molecule is C[C@@H](O)C1O[C@H](O[C@@H]2C(N)CC(CC(=N)N)[C@@H](O)C2O)C(N)[C@@H](O)[C@@H]1O. The Balaban J connectivity index is 2.10. The van der Waals surface area contributed by atoms with E-state index < -0.39 is 67.0 Å². The molecular formula is C15H30N4O7. The normalized spacial score (nSPS) is 48.2. The molecule has 5 unspecified atom stereocenters. The molecule has 11 heteroatoms. The Morgan fingerprint density at radius 3 is 2.31 bits per heavy atom. The van der Waals surface area contributed by atoms with Crippen molar-refractivity contribution in [3.05, 3.63) is 0 Å². The van der Waals surface area contributed by atoms with Gasteiger partial charge in [-0.2, -0.15) is 0 Å². The minimum atomic E-state index is -1.42. The van der Waals surface area contributed by atoms with E-state index in [0.29, 0.717) is 0 Å². The van der Waals surface area contributed by atoms with Crippen molar-refractivity contribution >= 4 is 5.84 Å². The molecule has 2 fully saturated rings. The van der Waals surface area contributed by atoms with Crippen LogP contribution in [0.15, 0.2) is 0 Å². The molecule has 0 aromatic rings. The number of hydrogen-bond acceptors (Lipinski definition) is 10. The summed E-state index contributed by atoms with van der Waals surface area (Å²) in [6, 6.07) is -1.85. The summed E-state index contributed by atoms with van der Waals surface area (Å²) in [7, 11) is 0. The molecule has 12 N–H and O–H groups in total. The van der Waals surface area contributed by atoms with Crippen molar-refractivity contribution in [2.24, 2.45) is 23.1 Å². The third-order valence-electron chi connectivity index (χ3n) is 5.10. The summed E-state index contributed by atoms with van der Waals surface area (Å²) in [5.74, 6) is -0.613. The van der Waals surface area contributed by atoms with Crippen LogP contribution in [0.1, 0.15) is 19.8 Å². The van der Waals surface area contributed by atoms with Gasteiger partial charge in [-0.05, 0) is 19.3 Å². The van der Waals surface area contributed by atoms with Crippen LogP contribution in [0.4, 0.5) is 0 Å². The Bertz CT molecular complexity index is 497. The molecular weight excluding hydrogens is 348 g/mol. The zero-order valence-corrected chi connectivity index (χ0v) is 14.5. The molecule has 11 atom stereocenters. The molecule has 1 heterocycles. The van der Waals surface area contributed by atoms with Crippen molar-refractivity contribution < 1.29 is 35.0 Å². The lowest BCUT2D eigenvalue weighted by molar-refractivity contribution is -0.302. The Morgan fingerprint density at radius 1 is 1.15 bits per heavy atom. The van der Waals surface area contributed by atoms with Gasteiger partial charge in [0.2, 0.25) is 0 Å². The first kappa shape index (κ1) is 21.4. The summed E-state index contributed by atoms with van der Waals surface area (Å²) in [5.41, 5.74) is 17.2. The van der Waals surface area contributed by atoms with E-state index in [-0.39, 0.29) is 18.7 Å². The maximum absolute atomic E-state index is 10.4. The molecule has 1 saturated carbocycles. The lowest BCUT2D eigenvalue weighted by Crippen LogP contribution is -2.66. The maximum Gasteiger partial charge on any atom is 0.176 e. The summed E-state index contributed by atoms with van der Waals surface area (Å²) in [6.07, 6.45) is -9.63. The summed E-state index contributed by atoms with van der Waals surface area (Å²) in [6.45, 7) is 1.38. The fourth-order valence-electron chi connectivity index (χ4n) is 3.60. The third kappa shape index (κ3) is 4.32. The number of aliphatic hydroxyl groups excluding tert-OH is 5. The molecule has 0 aromatic carbocycles. The van der Waals surface area contributed by atoms with Gasteiger partial charge in [0.05, 0.1) is 24.1 Å². The molecule has 0 spiro atoms. The van der Waals surface area contributed by atoms with Crippen molar-refractivity contribution in [3.63, 3.8) is 0 Å². The zero-order valence-electron chi connectivity index (χ0n) is 14.5. The highest BCUT2D eigenvalue weighted by Gasteiger charge is 2.49. The van der Waals surface area contributed by atoms with E-state index in [1.165, 1.54) is 6.92 Å². The van der Waals surface area contributed by atoms with Gasteiger partial charge in [-0.3, -0.25) is 5.41 Å². The van der Waals surface area contributed by atoms with E-state index in [2.05, 4.69) is 0 Å². The molecule has 11 nitrogen and oxygen atoms in total. The standard InChI is InChI=1S/C15H30N4O7/c1-4(20)13-12(24)10(22)8(19)15(25-13)26-14-6(16)2-5(3-7(17)18)9(21)11(14)23/h4-6,8-15,20-24H,2-3,16,19H2,1H3,(H3,17,18)/t4-,5?,6?,8?,9-,10-,11?,12+,13?,14-,15-/m1/s1. The van der Waals surface area contributed by atoms with Gasteiger partial charge in [0.15, 0.2) is 6.29 Å². The topological polar surface area (TPSA) is 222 Å². The van der Waals surface area contributed by atoms with E-state index in [4.69, 9.17) is 32.1 Å². The number of hydrogen-bond donors (Lipinski definition) is 9. The highest BCUT2D eigenvalue weighted by atomic mass is 16.7. The highest BCUT2D eigenvalue weighted by Crippen LogP contribution is 2.32. The quantitative estimate of drug-likeness (QED) is 0.166. The first-order valence-electron chi connectivity index (χ1n) is 8.59. The Labute approximate surface area is 151 Å². The molecule has 26 heavy (non-hydrogen) atoms. The second-order valence-electron chi connectivity index (χ2n) is 7.24. The Morgan fingerprint density at radius 2 is 1.77 bits per heavy atom. The van der Waals surface area contributed by atoms with Crippen molar-refractivity contribution in [3.8, 4) is 0 Å². The molecule has 0 aromatic heterocycles. The molecule has 2 rings (SSSR count). The molecule has 1 saturated heterocycles. The first-order chi connectivity index (χ1) is 12.0. The van der Waals surface area contributed by atoms with Crippen LogP contribution in [0.2, 0.25) is 0 Å². The molecule has 1 aliphatic heterocycles. The van der Waals surface area contributed by atoms with E-state index in [1.807, 2.05) is 0 Å². The van der Waals surface area contributed by atoms with Gasteiger partial charge in [0.25, 0.3) is 0 Å². The monoisotopic (exact) mass is 378 g/mol. The van der Waals surface area contributed by atoms with E-state index in [0.717, 1.165) is 0 Å². The van der Waals surface area contributed by atoms with Gasteiger partial charge < -0.3 is 52.2 Å². The fraction of sp³-hybridized carbons (Fsp3) is 0.933. The summed E-state index contributed by atoms with van der Waals surface area (Å²) >= 11 is 0. The van der Waals surface area contributed by atoms with Gasteiger partial charge in [-0.25, -0.2) is 0 Å². The third-order valence-corrected chi connectivity index (χ3v) is 5.10. The number of amidine groups is 1. The number of ether oxygens (including phenoxy) is 2. The Kier molecular flexibility index (Phi) is 6.93. The zero-order chi connectivity index (χ0) is 19.8. The van der Waals surface area contributed by atoms with E-state index in [9.17, 15) is 25.5 Å². The number of rotatable bonds is 5. The smallest absolute Gasteiger partial charge is 0.176 e. The van der Waals surface area contributed by atoms with Gasteiger partial charge in [-0.15, -0.1) is 0 Å². The summed E-state index contributed by atoms with van der Waals surface area (Å²) in [5, 5.41) is 57.7. The second kappa shape index (κ2) is 8.42. The van der Waals surface area contributed by atoms with Gasteiger partial charge >= 0.3 is 0 Å². The van der Waals surface area contributed by atoms with Crippen LogP contribution < -0.4 is 17.2 Å². The number of nitrogens with two attached hydrogens (primary N) is 3. The average molecular weight is 378 g/mol. The highest BCUT2D eigenvalue weighted by molar-refractivity contribution is 5.77. The van der Waals surface area contributed by atoms with Gasteiger partial charge in [0.1, 0.15) is 30.5 Å². The molecule has 0 bridgehead atoms. The summed E-state index contributed by atoms with van der Waals surface area (Å²) in [4.78, 5) is 0. The maximum atomic E-state index is 10.4. The van der Waals surface area contributed by atoms with Crippen LogP contribution in [0.25, 0.3) is 0 Å². The van der Waals surface area contributed by atoms with Gasteiger partial charge in [-0.1, -0.05) is 0 Å². The van der Waals surface area contributed by atoms with Crippen LogP contribution in [-0.4, -0.2) is 92.5 Å². The minimum Gasteiger partial charge on any atom is -0.391 e. The molecule has 2 aliphatic rings. The lowest BCUT2D eigenvalue weighted by Gasteiger charge is -2.46. The first-order valence-corrected chi connectivity index (χ1v) is 8.59. The van der Waals surface area contributed by atoms with E-state index >= 15 is 0 Å². The largest absolute Gasteiger partial charge is 0.391 e. The predicted octanol–water partition coefficient (Wildman–Crippen LogP) is -4.08. The molecule has 0 amide bonds. The van der Waals surface area contributed by atoms with Crippen LogP contribution >= 0.6 is 0 Å². The van der Waals surface area contributed by atoms with Gasteiger partial charge in [0, 0.05) is 12.5 Å². The molecule has 1 aliphatic carbocycles. The predicted molar refractivity (Wildman–Crippen MR) is 89.8 cm³/mol. The van der Waals surface area contributed by atoms with Crippen LogP contribution in [0.5, 0.6) is 0 Å². The van der Waals surface area contributed by atoms with Crippen LogP contribution in [0, 0.1) is 11.3 Å². The second-order valence-corrected chi connectivity index (χ2v) is 7.24. The van der Waals surface area contributed by atoms with Crippen molar-refractivity contribution in [1.82, 2.24) is 0 Å². The van der Waals surface area contributed by atoms with Crippen LogP contribution in [0.3, 0.4) is 0 Å². The molecule has 152 valence electrons. The number of nitrogens with one attached hydrogen (secondary N) is 1. The fourth-order valence-corrected chi connectivity index (χ4v) is 3.60. The summed E-state index contributed by atoms with van der Waals surface area (Å²) < 4.78 is 11.1. The number of aliphatic hydroxyl groups is 5. The average Bonchev–Trinajstić information content (AvgIpc) is 2.55. The minimum absolute atomic E-state index is 0.0904. The molecule has 0 radical (unpaired) electrons. The van der Waals surface area contributed by atoms with E-state index in [1.54, 1.807) is 0 Å².